The van der Waals surface area contributed by atoms with E-state index in [1.54, 1.807) is 0 Å². The Bertz CT molecular complexity index is 554. The van der Waals surface area contributed by atoms with Crippen molar-refractivity contribution in [3.05, 3.63) is 44.9 Å². The second kappa shape index (κ2) is 6.66. The lowest BCUT2D eigenvalue weighted by Crippen LogP contribution is -2.06. The minimum Gasteiger partial charge on any atom is -0.231 e. The van der Waals surface area contributed by atoms with Crippen LogP contribution in [0.1, 0.15) is 38.4 Å². The van der Waals surface area contributed by atoms with Crippen molar-refractivity contribution in [3.8, 4) is 11.3 Å². The minimum absolute atomic E-state index is 0.372. The molecule has 0 spiro atoms. The largest absolute Gasteiger partial charge is 0.231 e. The molecule has 1 heterocycles. The van der Waals surface area contributed by atoms with Crippen molar-refractivity contribution in [1.82, 2.24) is 9.97 Å². The Labute approximate surface area is 132 Å². The van der Waals surface area contributed by atoms with Gasteiger partial charge in [-0.05, 0) is 35.4 Å². The predicted octanol–water partition coefficient (Wildman–Crippen LogP) is 5.31. The van der Waals surface area contributed by atoms with Gasteiger partial charge in [0, 0.05) is 11.5 Å². The van der Waals surface area contributed by atoms with Gasteiger partial charge in [0.2, 0.25) is 0 Å². The van der Waals surface area contributed by atoms with E-state index >= 15 is 0 Å². The van der Waals surface area contributed by atoms with Crippen molar-refractivity contribution in [2.24, 2.45) is 0 Å². The second-order valence-corrected chi connectivity index (χ2v) is 5.85. The number of hydrogen-bond acceptors (Lipinski definition) is 2. The summed E-state index contributed by atoms with van der Waals surface area (Å²) in [6, 6.07) is 10.1. The SMILES string of the molecule is CCC(CC)c1nc(Cl)c(I)c(-c2ccccc2)n1. The summed E-state index contributed by atoms with van der Waals surface area (Å²) in [5, 5.41) is 0.552. The highest BCUT2D eigenvalue weighted by Gasteiger charge is 2.17. The van der Waals surface area contributed by atoms with Gasteiger partial charge in [0.1, 0.15) is 11.0 Å². The number of rotatable bonds is 4. The zero-order chi connectivity index (χ0) is 13.8. The third kappa shape index (κ3) is 3.26. The van der Waals surface area contributed by atoms with Crippen molar-refractivity contribution in [2.45, 2.75) is 32.6 Å². The van der Waals surface area contributed by atoms with Crippen LogP contribution < -0.4 is 0 Å². The highest BCUT2D eigenvalue weighted by Crippen LogP contribution is 2.30. The third-order valence-electron chi connectivity index (χ3n) is 3.23. The average molecular weight is 387 g/mol. The van der Waals surface area contributed by atoms with Gasteiger partial charge >= 0.3 is 0 Å². The molecule has 0 unspecified atom stereocenters. The summed E-state index contributed by atoms with van der Waals surface area (Å²) in [6.45, 7) is 4.32. The number of hydrogen-bond donors (Lipinski definition) is 0. The van der Waals surface area contributed by atoms with Crippen LogP contribution in [-0.2, 0) is 0 Å². The van der Waals surface area contributed by atoms with Crippen molar-refractivity contribution < 1.29 is 0 Å². The monoisotopic (exact) mass is 386 g/mol. The molecule has 2 aromatic rings. The molecule has 0 aliphatic carbocycles. The van der Waals surface area contributed by atoms with E-state index < -0.39 is 0 Å². The Kier molecular flexibility index (Phi) is 5.16. The molecule has 0 radical (unpaired) electrons. The van der Waals surface area contributed by atoms with Gasteiger partial charge in [0.25, 0.3) is 0 Å². The Hall–Kier alpha value is -0.680. The fourth-order valence-electron chi connectivity index (χ4n) is 2.06. The summed E-state index contributed by atoms with van der Waals surface area (Å²) >= 11 is 8.48. The van der Waals surface area contributed by atoms with Crippen LogP contribution in [0.4, 0.5) is 0 Å². The van der Waals surface area contributed by atoms with E-state index in [0.717, 1.165) is 33.5 Å². The van der Waals surface area contributed by atoms with E-state index in [0.29, 0.717) is 11.1 Å². The zero-order valence-electron chi connectivity index (χ0n) is 11.0. The minimum atomic E-state index is 0.372. The highest BCUT2D eigenvalue weighted by atomic mass is 127. The Morgan fingerprint density at radius 3 is 2.32 bits per heavy atom. The maximum absolute atomic E-state index is 6.27. The molecule has 0 saturated carbocycles. The van der Waals surface area contributed by atoms with Gasteiger partial charge in [-0.3, -0.25) is 0 Å². The second-order valence-electron chi connectivity index (χ2n) is 4.41. The third-order valence-corrected chi connectivity index (χ3v) is 4.84. The van der Waals surface area contributed by atoms with Gasteiger partial charge in [-0.25, -0.2) is 9.97 Å². The molecule has 100 valence electrons. The van der Waals surface area contributed by atoms with Crippen LogP contribution >= 0.6 is 34.2 Å². The predicted molar refractivity (Wildman–Crippen MR) is 88.5 cm³/mol. The molecule has 0 fully saturated rings. The summed E-state index contributed by atoms with van der Waals surface area (Å²) in [5.74, 6) is 1.23. The smallest absolute Gasteiger partial charge is 0.146 e. The molecule has 2 rings (SSSR count). The molecule has 0 bridgehead atoms. The first kappa shape index (κ1) is 14.7. The molecule has 1 aromatic carbocycles. The molecule has 0 aliphatic rings. The molecule has 0 saturated heterocycles. The normalized spacial score (nSPS) is 11.0. The highest BCUT2D eigenvalue weighted by molar-refractivity contribution is 14.1. The molecule has 2 nitrogen and oxygen atoms in total. The van der Waals surface area contributed by atoms with Crippen LogP contribution in [0.15, 0.2) is 30.3 Å². The van der Waals surface area contributed by atoms with Gasteiger partial charge < -0.3 is 0 Å². The molecule has 4 heteroatoms. The maximum Gasteiger partial charge on any atom is 0.146 e. The maximum atomic E-state index is 6.27. The van der Waals surface area contributed by atoms with Crippen LogP contribution in [-0.4, -0.2) is 9.97 Å². The standard InChI is InChI=1S/C15H16ClIN2/c1-3-10(4-2)15-18-13(12(17)14(16)19-15)11-8-6-5-7-9-11/h5-10H,3-4H2,1-2H3. The van der Waals surface area contributed by atoms with Gasteiger partial charge in [-0.15, -0.1) is 0 Å². The fourth-order valence-corrected chi connectivity index (χ4v) is 2.79. The first-order valence-corrected chi connectivity index (χ1v) is 7.91. The molecular weight excluding hydrogens is 371 g/mol. The van der Waals surface area contributed by atoms with Crippen molar-refractivity contribution >= 4 is 34.2 Å². The van der Waals surface area contributed by atoms with E-state index in [1.165, 1.54) is 0 Å². The molecule has 0 aliphatic heterocycles. The van der Waals surface area contributed by atoms with Gasteiger partial charge in [0.15, 0.2) is 0 Å². The molecule has 0 N–H and O–H groups in total. The molecular formula is C15H16ClIN2. The van der Waals surface area contributed by atoms with Crippen LogP contribution in [0.2, 0.25) is 5.15 Å². The lowest BCUT2D eigenvalue weighted by atomic mass is 10.0. The van der Waals surface area contributed by atoms with Gasteiger partial charge in [-0.1, -0.05) is 55.8 Å². The average Bonchev–Trinajstić information content (AvgIpc) is 2.44. The van der Waals surface area contributed by atoms with Crippen molar-refractivity contribution in [2.75, 3.05) is 0 Å². The van der Waals surface area contributed by atoms with Crippen molar-refractivity contribution in [1.29, 1.82) is 0 Å². The summed E-state index contributed by atoms with van der Waals surface area (Å²) in [6.07, 6.45) is 2.06. The van der Waals surface area contributed by atoms with Crippen molar-refractivity contribution in [3.63, 3.8) is 0 Å². The lowest BCUT2D eigenvalue weighted by Gasteiger charge is -2.14. The van der Waals surface area contributed by atoms with Gasteiger partial charge in [-0.2, -0.15) is 0 Å². The van der Waals surface area contributed by atoms with E-state index in [9.17, 15) is 0 Å². The van der Waals surface area contributed by atoms with Crippen LogP contribution in [0, 0.1) is 3.57 Å². The number of benzene rings is 1. The Balaban J connectivity index is 2.55. The lowest BCUT2D eigenvalue weighted by molar-refractivity contribution is 0.602. The summed E-state index contributed by atoms with van der Waals surface area (Å²) in [4.78, 5) is 9.19. The Morgan fingerprint density at radius 1 is 1.11 bits per heavy atom. The molecule has 0 amide bonds. The van der Waals surface area contributed by atoms with Gasteiger partial charge in [0.05, 0.1) is 9.26 Å². The topological polar surface area (TPSA) is 25.8 Å². The molecule has 1 aromatic heterocycles. The first-order valence-electron chi connectivity index (χ1n) is 6.45. The zero-order valence-corrected chi connectivity index (χ0v) is 13.9. The van der Waals surface area contributed by atoms with E-state index in [-0.39, 0.29) is 0 Å². The number of nitrogens with zero attached hydrogens (tertiary/aromatic N) is 2. The molecule has 0 atom stereocenters. The fraction of sp³-hybridized carbons (Fsp3) is 0.333. The van der Waals surface area contributed by atoms with E-state index in [2.05, 4.69) is 53.6 Å². The van der Waals surface area contributed by atoms with Crippen LogP contribution in [0.5, 0.6) is 0 Å². The number of halogens is 2. The van der Waals surface area contributed by atoms with Crippen LogP contribution in [0.3, 0.4) is 0 Å². The quantitative estimate of drug-likeness (QED) is 0.526. The Morgan fingerprint density at radius 2 is 1.74 bits per heavy atom. The first-order chi connectivity index (χ1) is 9.17. The van der Waals surface area contributed by atoms with E-state index in [4.69, 9.17) is 16.6 Å². The van der Waals surface area contributed by atoms with Crippen LogP contribution in [0.25, 0.3) is 11.3 Å². The summed E-state index contributed by atoms with van der Waals surface area (Å²) < 4.78 is 0.917. The number of aromatic nitrogens is 2. The van der Waals surface area contributed by atoms with E-state index in [1.807, 2.05) is 18.2 Å². The molecule has 19 heavy (non-hydrogen) atoms. The summed E-state index contributed by atoms with van der Waals surface area (Å²) in [5.41, 5.74) is 2.02. The summed E-state index contributed by atoms with van der Waals surface area (Å²) in [7, 11) is 0.